The van der Waals surface area contributed by atoms with Gasteiger partial charge in [-0.1, -0.05) is 0 Å². The van der Waals surface area contributed by atoms with Crippen molar-refractivity contribution in [1.82, 2.24) is 0 Å². The van der Waals surface area contributed by atoms with Crippen LogP contribution in [0, 0.1) is 23.7 Å². The molecule has 4 aliphatic rings. The van der Waals surface area contributed by atoms with Crippen LogP contribution in [0.15, 0.2) is 9.98 Å². The van der Waals surface area contributed by atoms with Crippen molar-refractivity contribution in [1.29, 1.82) is 0 Å². The predicted molar refractivity (Wildman–Crippen MR) is 135 cm³/mol. The van der Waals surface area contributed by atoms with E-state index in [2.05, 4.69) is 0 Å². The van der Waals surface area contributed by atoms with Crippen molar-refractivity contribution in [2.75, 3.05) is 0 Å². The maximum absolute atomic E-state index is 6.28. The number of hydrogen-bond acceptors (Lipinski definition) is 4. The Morgan fingerprint density at radius 2 is 0.656 bits per heavy atom. The van der Waals surface area contributed by atoms with Crippen LogP contribution in [-0.4, -0.2) is 35.8 Å². The molecule has 6 nitrogen and oxygen atoms in total. The van der Waals surface area contributed by atoms with E-state index in [0.29, 0.717) is 35.8 Å². The zero-order chi connectivity index (χ0) is 22.5. The molecule has 0 aromatic carbocycles. The molecule has 0 aliphatic heterocycles. The number of amidine groups is 2. The van der Waals surface area contributed by atoms with Crippen LogP contribution < -0.4 is 22.9 Å². The minimum Gasteiger partial charge on any atom is -0.381 e. The monoisotopic (exact) mass is 444 g/mol. The van der Waals surface area contributed by atoms with E-state index >= 15 is 0 Å². The van der Waals surface area contributed by atoms with Crippen LogP contribution in [0.4, 0.5) is 0 Å². The second kappa shape index (κ2) is 11.3. The molecule has 32 heavy (non-hydrogen) atoms. The van der Waals surface area contributed by atoms with Crippen molar-refractivity contribution < 1.29 is 0 Å². The van der Waals surface area contributed by atoms with Crippen LogP contribution in [-0.2, 0) is 0 Å². The topological polar surface area (TPSA) is 129 Å². The third kappa shape index (κ3) is 6.47. The van der Waals surface area contributed by atoms with Crippen LogP contribution in [0.3, 0.4) is 0 Å². The van der Waals surface area contributed by atoms with Crippen LogP contribution >= 0.6 is 0 Å². The van der Waals surface area contributed by atoms with Gasteiger partial charge in [-0.25, -0.2) is 0 Å². The molecule has 4 saturated carbocycles. The molecule has 0 aromatic rings. The van der Waals surface area contributed by atoms with Crippen molar-refractivity contribution in [3.8, 4) is 0 Å². The fourth-order valence-electron chi connectivity index (χ4n) is 7.16. The zero-order valence-corrected chi connectivity index (χ0v) is 20.1. The van der Waals surface area contributed by atoms with E-state index in [9.17, 15) is 0 Å². The molecule has 4 rings (SSSR count). The van der Waals surface area contributed by atoms with Gasteiger partial charge in [0, 0.05) is 12.1 Å². The number of rotatable bonds is 4. The van der Waals surface area contributed by atoms with Crippen molar-refractivity contribution in [2.24, 2.45) is 56.6 Å². The summed E-state index contributed by atoms with van der Waals surface area (Å²) in [6.45, 7) is 0. The Morgan fingerprint density at radius 1 is 0.406 bits per heavy atom. The molecule has 0 saturated heterocycles. The van der Waals surface area contributed by atoms with Gasteiger partial charge in [0.2, 0.25) is 0 Å². The molecule has 0 heterocycles. The van der Waals surface area contributed by atoms with E-state index in [-0.39, 0.29) is 0 Å². The summed E-state index contributed by atoms with van der Waals surface area (Å²) >= 11 is 0. The van der Waals surface area contributed by atoms with E-state index in [0.717, 1.165) is 49.4 Å². The Bertz CT molecular complexity index is 573. The first-order valence-corrected chi connectivity index (χ1v) is 13.7. The van der Waals surface area contributed by atoms with E-state index in [4.69, 9.17) is 32.9 Å². The molecule has 0 atom stereocenters. The summed E-state index contributed by atoms with van der Waals surface area (Å²) in [6, 6.07) is 1.52. The highest BCUT2D eigenvalue weighted by Gasteiger charge is 2.31. The molecule has 0 radical (unpaired) electrons. The molecule has 0 aromatic heterocycles. The molecule has 0 amide bonds. The summed E-state index contributed by atoms with van der Waals surface area (Å²) in [5.41, 5.74) is 24.7. The average molecular weight is 445 g/mol. The van der Waals surface area contributed by atoms with Crippen LogP contribution in [0.5, 0.6) is 0 Å². The Kier molecular flexibility index (Phi) is 8.49. The molecule has 0 bridgehead atoms. The lowest BCUT2D eigenvalue weighted by Gasteiger charge is -2.36. The highest BCUT2D eigenvalue weighted by Crippen LogP contribution is 2.40. The smallest absolute Gasteiger partial charge is 0.161 e. The SMILES string of the molecule is NC(=NC1CCC(C2CCC(N)CC2)CC1)C(N)=NC1CCC(C2CCC(N)CC2)CC1. The second-order valence-corrected chi connectivity index (χ2v) is 11.5. The predicted octanol–water partition coefficient (Wildman–Crippen LogP) is 3.85. The van der Waals surface area contributed by atoms with Gasteiger partial charge in [-0.3, -0.25) is 9.98 Å². The lowest BCUT2D eigenvalue weighted by atomic mass is 9.71. The average Bonchev–Trinajstić information content (AvgIpc) is 2.81. The minimum atomic E-state index is 0.319. The standard InChI is InChI=1S/C26H48N6/c27-21-9-1-17(2-10-21)19-5-13-23(14-6-19)31-25(29)26(30)32-24-15-7-20(8-16-24)18-3-11-22(28)12-4-18/h17-24H,1-16,27-28H2,(H2,29,31)(H2,30,32). The van der Waals surface area contributed by atoms with E-state index in [1.165, 1.54) is 77.0 Å². The summed E-state index contributed by atoms with van der Waals surface area (Å²) < 4.78 is 0. The maximum atomic E-state index is 6.28. The summed E-state index contributed by atoms with van der Waals surface area (Å²) in [5.74, 6) is 4.42. The molecule has 0 spiro atoms. The van der Waals surface area contributed by atoms with Crippen LogP contribution in [0.25, 0.3) is 0 Å². The van der Waals surface area contributed by atoms with Gasteiger partial charge in [-0.15, -0.1) is 0 Å². The number of aliphatic imine (C=N–C) groups is 2. The third-order valence-corrected chi connectivity index (χ3v) is 9.35. The maximum Gasteiger partial charge on any atom is 0.161 e. The molecular formula is C26H48N6. The van der Waals surface area contributed by atoms with Crippen LogP contribution in [0.2, 0.25) is 0 Å². The van der Waals surface area contributed by atoms with Gasteiger partial charge in [-0.05, 0) is 126 Å². The molecule has 4 aliphatic carbocycles. The molecule has 6 heteroatoms. The third-order valence-electron chi connectivity index (χ3n) is 9.35. The normalized spacial score (nSPS) is 42.6. The quantitative estimate of drug-likeness (QED) is 0.387. The Labute approximate surface area is 195 Å². The summed E-state index contributed by atoms with van der Waals surface area (Å²) in [6.07, 6.45) is 19.7. The van der Waals surface area contributed by atoms with Gasteiger partial charge in [-0.2, -0.15) is 0 Å². The van der Waals surface area contributed by atoms with Crippen molar-refractivity contribution in [3.05, 3.63) is 0 Å². The van der Waals surface area contributed by atoms with Gasteiger partial charge in [0.1, 0.15) is 0 Å². The lowest BCUT2D eigenvalue weighted by Crippen LogP contribution is -2.36. The summed E-state index contributed by atoms with van der Waals surface area (Å²) in [4.78, 5) is 9.59. The van der Waals surface area contributed by atoms with Gasteiger partial charge < -0.3 is 22.9 Å². The first-order chi connectivity index (χ1) is 15.5. The Morgan fingerprint density at radius 3 is 0.938 bits per heavy atom. The van der Waals surface area contributed by atoms with Crippen molar-refractivity contribution in [3.63, 3.8) is 0 Å². The number of hydrogen-bond donors (Lipinski definition) is 4. The molecule has 8 N–H and O–H groups in total. The minimum absolute atomic E-state index is 0.319. The molecule has 4 fully saturated rings. The van der Waals surface area contributed by atoms with Crippen molar-refractivity contribution in [2.45, 2.75) is 127 Å². The Balaban J connectivity index is 1.20. The van der Waals surface area contributed by atoms with Gasteiger partial charge in [0.05, 0.1) is 12.1 Å². The summed E-state index contributed by atoms with van der Waals surface area (Å²) in [7, 11) is 0. The summed E-state index contributed by atoms with van der Waals surface area (Å²) in [5, 5.41) is 0. The number of nitrogens with zero attached hydrogens (tertiary/aromatic N) is 2. The zero-order valence-electron chi connectivity index (χ0n) is 20.1. The fourth-order valence-corrected chi connectivity index (χ4v) is 7.16. The van der Waals surface area contributed by atoms with Crippen LogP contribution in [0.1, 0.15) is 103 Å². The highest BCUT2D eigenvalue weighted by atomic mass is 15.0. The molecule has 182 valence electrons. The Hall–Kier alpha value is -1.14. The van der Waals surface area contributed by atoms with E-state index in [1.807, 2.05) is 0 Å². The van der Waals surface area contributed by atoms with E-state index < -0.39 is 0 Å². The fraction of sp³-hybridized carbons (Fsp3) is 0.923. The first kappa shape index (κ1) is 24.0. The van der Waals surface area contributed by atoms with E-state index in [1.54, 1.807) is 0 Å². The molecule has 0 unspecified atom stereocenters. The highest BCUT2D eigenvalue weighted by molar-refractivity contribution is 6.39. The number of nitrogens with two attached hydrogens (primary N) is 4. The van der Waals surface area contributed by atoms with Gasteiger partial charge >= 0.3 is 0 Å². The molecular weight excluding hydrogens is 396 g/mol. The lowest BCUT2D eigenvalue weighted by molar-refractivity contribution is 0.178. The first-order valence-electron chi connectivity index (χ1n) is 13.7. The largest absolute Gasteiger partial charge is 0.381 e. The van der Waals surface area contributed by atoms with Gasteiger partial charge in [0.25, 0.3) is 0 Å². The van der Waals surface area contributed by atoms with Gasteiger partial charge in [0.15, 0.2) is 11.7 Å². The van der Waals surface area contributed by atoms with Crippen molar-refractivity contribution >= 4 is 11.7 Å². The second-order valence-electron chi connectivity index (χ2n) is 11.5.